The predicted octanol–water partition coefficient (Wildman–Crippen LogP) is 1.98. The lowest BCUT2D eigenvalue weighted by atomic mass is 10.2. The van der Waals surface area contributed by atoms with Crippen molar-refractivity contribution in [2.45, 2.75) is 26.3 Å². The molecule has 0 aromatic carbocycles. The summed E-state index contributed by atoms with van der Waals surface area (Å²) in [6.07, 6.45) is 1.11. The van der Waals surface area contributed by atoms with Crippen molar-refractivity contribution in [1.82, 2.24) is 9.88 Å². The standard InChI is InChI=1S/C11H19N3O2S/c1-4-8(2)14(3)6-5-12-10-9(11(15)16)13-7-17-10/h7-8,12H,4-6H2,1-3H3,(H,15,16). The van der Waals surface area contributed by atoms with E-state index in [1.54, 1.807) is 5.51 Å². The molecule has 2 N–H and O–H groups in total. The molecular formula is C11H19N3O2S. The second-order valence-corrected chi connectivity index (χ2v) is 4.85. The van der Waals surface area contributed by atoms with Crippen molar-refractivity contribution in [3.63, 3.8) is 0 Å². The number of anilines is 1. The fraction of sp³-hybridized carbons (Fsp3) is 0.636. The molecule has 0 aliphatic heterocycles. The van der Waals surface area contributed by atoms with E-state index in [0.29, 0.717) is 11.0 Å². The number of rotatable bonds is 7. The molecule has 0 radical (unpaired) electrons. The maximum absolute atomic E-state index is 10.8. The highest BCUT2D eigenvalue weighted by atomic mass is 32.1. The van der Waals surface area contributed by atoms with E-state index in [2.05, 4.69) is 36.1 Å². The van der Waals surface area contributed by atoms with Crippen LogP contribution in [0.3, 0.4) is 0 Å². The van der Waals surface area contributed by atoms with E-state index in [4.69, 9.17) is 5.11 Å². The number of carboxylic acids is 1. The van der Waals surface area contributed by atoms with Crippen LogP contribution in [-0.4, -0.2) is 47.1 Å². The number of aromatic carboxylic acids is 1. The van der Waals surface area contributed by atoms with E-state index in [-0.39, 0.29) is 5.69 Å². The van der Waals surface area contributed by atoms with E-state index >= 15 is 0 Å². The monoisotopic (exact) mass is 257 g/mol. The molecule has 0 aliphatic carbocycles. The second kappa shape index (κ2) is 6.56. The first kappa shape index (κ1) is 13.9. The average molecular weight is 257 g/mol. The smallest absolute Gasteiger partial charge is 0.357 e. The second-order valence-electron chi connectivity index (χ2n) is 4.00. The van der Waals surface area contributed by atoms with Gasteiger partial charge in [-0.05, 0) is 20.4 Å². The van der Waals surface area contributed by atoms with Crippen LogP contribution in [0.15, 0.2) is 5.51 Å². The third-order valence-electron chi connectivity index (χ3n) is 2.86. The predicted molar refractivity (Wildman–Crippen MR) is 69.9 cm³/mol. The van der Waals surface area contributed by atoms with Crippen LogP contribution in [-0.2, 0) is 0 Å². The van der Waals surface area contributed by atoms with Crippen LogP contribution in [0, 0.1) is 0 Å². The zero-order valence-electron chi connectivity index (χ0n) is 10.4. The van der Waals surface area contributed by atoms with Gasteiger partial charge in [-0.25, -0.2) is 9.78 Å². The Morgan fingerprint density at radius 3 is 3.00 bits per heavy atom. The highest BCUT2D eigenvalue weighted by Gasteiger charge is 2.13. The number of nitrogens with one attached hydrogen (secondary N) is 1. The molecule has 0 fully saturated rings. The summed E-state index contributed by atoms with van der Waals surface area (Å²) in [6, 6.07) is 0.539. The minimum Gasteiger partial charge on any atom is -0.476 e. The van der Waals surface area contributed by atoms with Crippen LogP contribution in [0.5, 0.6) is 0 Å². The van der Waals surface area contributed by atoms with Crippen molar-refractivity contribution in [3.8, 4) is 0 Å². The van der Waals surface area contributed by atoms with Crippen molar-refractivity contribution >= 4 is 22.3 Å². The van der Waals surface area contributed by atoms with Crippen LogP contribution in [0.25, 0.3) is 0 Å². The van der Waals surface area contributed by atoms with Gasteiger partial charge in [0, 0.05) is 19.1 Å². The minimum atomic E-state index is -0.982. The zero-order chi connectivity index (χ0) is 12.8. The Morgan fingerprint density at radius 1 is 1.71 bits per heavy atom. The number of hydrogen-bond acceptors (Lipinski definition) is 5. The average Bonchev–Trinajstić information content (AvgIpc) is 2.76. The summed E-state index contributed by atoms with van der Waals surface area (Å²) in [5.41, 5.74) is 1.66. The molecule has 96 valence electrons. The Morgan fingerprint density at radius 2 is 2.41 bits per heavy atom. The molecule has 0 bridgehead atoms. The van der Waals surface area contributed by atoms with Crippen LogP contribution < -0.4 is 5.32 Å². The first-order valence-corrected chi connectivity index (χ1v) is 6.55. The van der Waals surface area contributed by atoms with E-state index in [1.807, 2.05) is 0 Å². The van der Waals surface area contributed by atoms with Gasteiger partial charge < -0.3 is 15.3 Å². The fourth-order valence-electron chi connectivity index (χ4n) is 1.40. The van der Waals surface area contributed by atoms with Crippen molar-refractivity contribution in [1.29, 1.82) is 0 Å². The summed E-state index contributed by atoms with van der Waals surface area (Å²) in [4.78, 5) is 16.9. The molecule has 0 saturated carbocycles. The van der Waals surface area contributed by atoms with Crippen molar-refractivity contribution < 1.29 is 9.90 Å². The van der Waals surface area contributed by atoms with Crippen LogP contribution in [0.4, 0.5) is 5.00 Å². The molecule has 1 atom stereocenters. The van der Waals surface area contributed by atoms with Gasteiger partial charge in [0.2, 0.25) is 0 Å². The molecule has 1 unspecified atom stereocenters. The van der Waals surface area contributed by atoms with E-state index in [9.17, 15) is 4.79 Å². The van der Waals surface area contributed by atoms with Gasteiger partial charge in [-0.3, -0.25) is 0 Å². The summed E-state index contributed by atoms with van der Waals surface area (Å²) in [7, 11) is 2.07. The first-order valence-electron chi connectivity index (χ1n) is 5.67. The van der Waals surface area contributed by atoms with Crippen LogP contribution in [0.1, 0.15) is 30.8 Å². The Balaban J connectivity index is 2.41. The number of hydrogen-bond donors (Lipinski definition) is 2. The molecule has 0 amide bonds. The van der Waals surface area contributed by atoms with E-state index in [1.165, 1.54) is 11.3 Å². The highest BCUT2D eigenvalue weighted by molar-refractivity contribution is 7.14. The number of nitrogens with zero attached hydrogens (tertiary/aromatic N) is 2. The minimum absolute atomic E-state index is 0.112. The van der Waals surface area contributed by atoms with Gasteiger partial charge in [-0.15, -0.1) is 11.3 Å². The topological polar surface area (TPSA) is 65.5 Å². The fourth-order valence-corrected chi connectivity index (χ4v) is 2.10. The maximum Gasteiger partial charge on any atom is 0.357 e. The Kier molecular flexibility index (Phi) is 5.37. The van der Waals surface area contributed by atoms with Gasteiger partial charge in [-0.1, -0.05) is 6.92 Å². The molecule has 6 heteroatoms. The van der Waals surface area contributed by atoms with Gasteiger partial charge in [0.25, 0.3) is 0 Å². The number of thiazole rings is 1. The number of aromatic nitrogens is 1. The SMILES string of the molecule is CCC(C)N(C)CCNc1scnc1C(=O)O. The zero-order valence-corrected chi connectivity index (χ0v) is 11.3. The molecular weight excluding hydrogens is 238 g/mol. The quantitative estimate of drug-likeness (QED) is 0.782. The number of carboxylic acid groups (broad SMARTS) is 1. The lowest BCUT2D eigenvalue weighted by Gasteiger charge is -2.23. The van der Waals surface area contributed by atoms with Gasteiger partial charge in [0.05, 0.1) is 5.51 Å². The molecule has 1 rings (SSSR count). The van der Waals surface area contributed by atoms with Gasteiger partial charge in [0.1, 0.15) is 5.00 Å². The molecule has 1 aromatic heterocycles. The largest absolute Gasteiger partial charge is 0.476 e. The first-order chi connectivity index (χ1) is 8.06. The summed E-state index contributed by atoms with van der Waals surface area (Å²) < 4.78 is 0. The Hall–Kier alpha value is -1.14. The van der Waals surface area contributed by atoms with E-state index < -0.39 is 5.97 Å². The lowest BCUT2D eigenvalue weighted by molar-refractivity contribution is 0.0692. The van der Waals surface area contributed by atoms with E-state index in [0.717, 1.165) is 19.5 Å². The molecule has 1 heterocycles. The van der Waals surface area contributed by atoms with Gasteiger partial charge in [-0.2, -0.15) is 0 Å². The van der Waals surface area contributed by atoms with Crippen LogP contribution in [0.2, 0.25) is 0 Å². The molecule has 5 nitrogen and oxygen atoms in total. The van der Waals surface area contributed by atoms with Gasteiger partial charge >= 0.3 is 5.97 Å². The third-order valence-corrected chi connectivity index (χ3v) is 3.65. The summed E-state index contributed by atoms with van der Waals surface area (Å²) in [5, 5.41) is 12.6. The van der Waals surface area contributed by atoms with Crippen molar-refractivity contribution in [2.24, 2.45) is 0 Å². The summed E-state index contributed by atoms with van der Waals surface area (Å²) in [6.45, 7) is 5.94. The molecule has 0 spiro atoms. The third kappa shape index (κ3) is 3.98. The number of likely N-dealkylation sites (N-methyl/N-ethyl adjacent to an activating group) is 1. The Labute approximate surface area is 105 Å². The van der Waals surface area contributed by atoms with Gasteiger partial charge in [0.15, 0.2) is 5.69 Å². The van der Waals surface area contributed by atoms with Crippen molar-refractivity contribution in [3.05, 3.63) is 11.2 Å². The molecule has 0 saturated heterocycles. The lowest BCUT2D eigenvalue weighted by Crippen LogP contribution is -2.32. The van der Waals surface area contributed by atoms with Crippen molar-refractivity contribution in [2.75, 3.05) is 25.5 Å². The molecule has 1 aromatic rings. The Bertz CT molecular complexity index is 367. The summed E-state index contributed by atoms with van der Waals surface area (Å²) >= 11 is 1.32. The highest BCUT2D eigenvalue weighted by Crippen LogP contribution is 2.19. The normalized spacial score (nSPS) is 12.7. The number of carbonyl (C=O) groups is 1. The maximum atomic E-state index is 10.8. The summed E-state index contributed by atoms with van der Waals surface area (Å²) in [5.74, 6) is -0.982. The molecule has 0 aliphatic rings. The molecule has 17 heavy (non-hydrogen) atoms. The van der Waals surface area contributed by atoms with Crippen LogP contribution >= 0.6 is 11.3 Å².